The van der Waals surface area contributed by atoms with Gasteiger partial charge >= 0.3 is 0 Å². The average Bonchev–Trinajstić information content (AvgIpc) is 3.22. The van der Waals surface area contributed by atoms with E-state index in [2.05, 4.69) is 15.3 Å². The third-order valence-electron chi connectivity index (χ3n) is 3.91. The molecular weight excluding hydrogens is 306 g/mol. The van der Waals surface area contributed by atoms with Crippen LogP contribution in [0.15, 0.2) is 30.6 Å². The summed E-state index contributed by atoms with van der Waals surface area (Å²) < 4.78 is 5.33. The van der Waals surface area contributed by atoms with E-state index in [1.165, 1.54) is 0 Å². The number of carbonyl (C=O) groups excluding carboxylic acids is 1. The van der Waals surface area contributed by atoms with Crippen molar-refractivity contribution in [1.29, 1.82) is 0 Å². The van der Waals surface area contributed by atoms with Crippen LogP contribution in [0.4, 0.5) is 0 Å². The maximum Gasteiger partial charge on any atom is 0.274 e. The summed E-state index contributed by atoms with van der Waals surface area (Å²) in [6, 6.07) is 5.64. The number of aryl methyl sites for hydroxylation is 3. The van der Waals surface area contributed by atoms with E-state index in [0.29, 0.717) is 18.9 Å². The molecule has 0 saturated heterocycles. The first-order valence-corrected chi connectivity index (χ1v) is 7.71. The Labute approximate surface area is 140 Å². The van der Waals surface area contributed by atoms with Crippen LogP contribution in [0.3, 0.4) is 0 Å². The molecule has 24 heavy (non-hydrogen) atoms. The second-order valence-corrected chi connectivity index (χ2v) is 5.92. The molecule has 3 aromatic rings. The van der Waals surface area contributed by atoms with Gasteiger partial charge in [0.2, 0.25) is 0 Å². The van der Waals surface area contributed by atoms with Crippen molar-refractivity contribution in [2.45, 2.75) is 27.1 Å². The lowest BCUT2D eigenvalue weighted by molar-refractivity contribution is 0.0775. The van der Waals surface area contributed by atoms with Crippen LogP contribution in [0, 0.1) is 13.8 Å². The van der Waals surface area contributed by atoms with Crippen molar-refractivity contribution >= 4 is 5.91 Å². The van der Waals surface area contributed by atoms with E-state index < -0.39 is 0 Å². The van der Waals surface area contributed by atoms with Crippen molar-refractivity contribution in [1.82, 2.24) is 34.2 Å². The first-order chi connectivity index (χ1) is 11.4. The van der Waals surface area contributed by atoms with Crippen LogP contribution in [0.5, 0.6) is 0 Å². The van der Waals surface area contributed by atoms with Crippen molar-refractivity contribution < 1.29 is 4.79 Å². The monoisotopic (exact) mass is 327 g/mol. The summed E-state index contributed by atoms with van der Waals surface area (Å²) in [5.74, 6) is -0.122. The van der Waals surface area contributed by atoms with E-state index >= 15 is 0 Å². The maximum atomic E-state index is 12.5. The summed E-state index contributed by atoms with van der Waals surface area (Å²) >= 11 is 0. The van der Waals surface area contributed by atoms with Gasteiger partial charge in [0.05, 0.1) is 17.9 Å². The molecule has 8 nitrogen and oxygen atoms in total. The highest BCUT2D eigenvalue weighted by molar-refractivity contribution is 5.91. The van der Waals surface area contributed by atoms with Gasteiger partial charge in [-0.15, -0.1) is 0 Å². The Morgan fingerprint density at radius 1 is 1.25 bits per heavy atom. The average molecular weight is 327 g/mol. The molecule has 0 aromatic carbocycles. The standard InChI is InChI=1S/C16H21N7O/c1-12-9-13(2)23(18-12)11-22-8-6-15(19-22)16(24)20(3)10-14-5-7-17-21(14)4/h5-9H,10-11H2,1-4H3. The zero-order chi connectivity index (χ0) is 17.3. The van der Waals surface area contributed by atoms with Crippen LogP contribution in [-0.4, -0.2) is 47.2 Å². The smallest absolute Gasteiger partial charge is 0.274 e. The van der Waals surface area contributed by atoms with Crippen LogP contribution >= 0.6 is 0 Å². The Kier molecular flexibility index (Phi) is 4.20. The number of amides is 1. The topological polar surface area (TPSA) is 73.8 Å². The van der Waals surface area contributed by atoms with Gasteiger partial charge in [0.1, 0.15) is 12.4 Å². The van der Waals surface area contributed by atoms with Gasteiger partial charge in [-0.05, 0) is 32.0 Å². The Morgan fingerprint density at radius 2 is 2.04 bits per heavy atom. The number of hydrogen-bond donors (Lipinski definition) is 0. The third-order valence-corrected chi connectivity index (χ3v) is 3.91. The molecular formula is C16H21N7O. The molecule has 0 atom stereocenters. The van der Waals surface area contributed by atoms with Gasteiger partial charge < -0.3 is 4.90 Å². The number of rotatable bonds is 5. The van der Waals surface area contributed by atoms with Gasteiger partial charge in [0, 0.05) is 32.2 Å². The zero-order valence-electron chi connectivity index (χ0n) is 14.3. The first-order valence-electron chi connectivity index (χ1n) is 7.71. The maximum absolute atomic E-state index is 12.5. The first kappa shape index (κ1) is 16.0. The van der Waals surface area contributed by atoms with Crippen LogP contribution in [0.1, 0.15) is 27.6 Å². The van der Waals surface area contributed by atoms with Crippen LogP contribution < -0.4 is 0 Å². The quantitative estimate of drug-likeness (QED) is 0.706. The van der Waals surface area contributed by atoms with E-state index in [4.69, 9.17) is 0 Å². The molecule has 3 rings (SSSR count). The normalized spacial score (nSPS) is 11.0. The van der Waals surface area contributed by atoms with Crippen LogP contribution in [-0.2, 0) is 20.3 Å². The fourth-order valence-corrected chi connectivity index (χ4v) is 2.58. The second kappa shape index (κ2) is 6.31. The summed E-state index contributed by atoms with van der Waals surface area (Å²) in [5, 5.41) is 12.9. The van der Waals surface area contributed by atoms with Crippen molar-refractivity contribution in [3.05, 3.63) is 53.4 Å². The van der Waals surface area contributed by atoms with Gasteiger partial charge in [-0.3, -0.25) is 14.2 Å². The van der Waals surface area contributed by atoms with E-state index in [1.54, 1.807) is 39.8 Å². The molecule has 0 bridgehead atoms. The Hall–Kier alpha value is -2.90. The van der Waals surface area contributed by atoms with E-state index in [1.807, 2.05) is 37.7 Å². The molecule has 126 valence electrons. The molecule has 0 unspecified atom stereocenters. The van der Waals surface area contributed by atoms with Crippen molar-refractivity contribution in [3.8, 4) is 0 Å². The molecule has 0 fully saturated rings. The molecule has 0 saturated carbocycles. The minimum atomic E-state index is -0.122. The number of nitrogens with zero attached hydrogens (tertiary/aromatic N) is 7. The van der Waals surface area contributed by atoms with E-state index in [9.17, 15) is 4.79 Å². The van der Waals surface area contributed by atoms with Gasteiger partial charge in [0.25, 0.3) is 5.91 Å². The third kappa shape index (κ3) is 3.22. The zero-order valence-corrected chi connectivity index (χ0v) is 14.3. The molecule has 0 aliphatic carbocycles. The molecule has 0 aliphatic heterocycles. The highest BCUT2D eigenvalue weighted by Crippen LogP contribution is 2.07. The molecule has 0 spiro atoms. The van der Waals surface area contributed by atoms with E-state index in [-0.39, 0.29) is 5.91 Å². The van der Waals surface area contributed by atoms with Crippen molar-refractivity contribution in [2.24, 2.45) is 7.05 Å². The Balaban J connectivity index is 1.69. The fourth-order valence-electron chi connectivity index (χ4n) is 2.58. The van der Waals surface area contributed by atoms with Crippen LogP contribution in [0.2, 0.25) is 0 Å². The predicted molar refractivity (Wildman–Crippen MR) is 88.3 cm³/mol. The number of aromatic nitrogens is 6. The summed E-state index contributed by atoms with van der Waals surface area (Å²) in [6.07, 6.45) is 3.51. The molecule has 3 heterocycles. The largest absolute Gasteiger partial charge is 0.334 e. The Bertz CT molecular complexity index is 858. The molecule has 3 aromatic heterocycles. The van der Waals surface area contributed by atoms with Gasteiger partial charge in [-0.25, -0.2) is 4.68 Å². The van der Waals surface area contributed by atoms with Crippen molar-refractivity contribution in [2.75, 3.05) is 7.05 Å². The summed E-state index contributed by atoms with van der Waals surface area (Å²) in [6.45, 7) is 4.92. The molecule has 0 radical (unpaired) electrons. The summed E-state index contributed by atoms with van der Waals surface area (Å²) in [7, 11) is 3.62. The number of hydrogen-bond acceptors (Lipinski definition) is 4. The van der Waals surface area contributed by atoms with Crippen molar-refractivity contribution in [3.63, 3.8) is 0 Å². The van der Waals surface area contributed by atoms with E-state index in [0.717, 1.165) is 17.1 Å². The lowest BCUT2D eigenvalue weighted by Gasteiger charge is -2.15. The van der Waals surface area contributed by atoms with Gasteiger partial charge in [-0.1, -0.05) is 0 Å². The minimum absolute atomic E-state index is 0.122. The second-order valence-electron chi connectivity index (χ2n) is 5.92. The van der Waals surface area contributed by atoms with Gasteiger partial charge in [0.15, 0.2) is 0 Å². The molecule has 8 heteroatoms. The summed E-state index contributed by atoms with van der Waals surface area (Å²) in [4.78, 5) is 14.1. The highest BCUT2D eigenvalue weighted by atomic mass is 16.2. The predicted octanol–water partition coefficient (Wildman–Crippen LogP) is 1.21. The summed E-state index contributed by atoms with van der Waals surface area (Å²) in [5.41, 5.74) is 3.41. The molecule has 0 aliphatic rings. The lowest BCUT2D eigenvalue weighted by atomic mass is 10.3. The Morgan fingerprint density at radius 3 is 2.67 bits per heavy atom. The molecule has 0 N–H and O–H groups in total. The molecule has 1 amide bonds. The minimum Gasteiger partial charge on any atom is -0.334 e. The lowest BCUT2D eigenvalue weighted by Crippen LogP contribution is -2.27. The van der Waals surface area contributed by atoms with Crippen LogP contribution in [0.25, 0.3) is 0 Å². The number of carbonyl (C=O) groups is 1. The SMILES string of the molecule is Cc1cc(C)n(Cn2ccc(C(=O)N(C)Cc3ccnn3C)n2)n1. The highest BCUT2D eigenvalue weighted by Gasteiger charge is 2.16. The van der Waals surface area contributed by atoms with Gasteiger partial charge in [-0.2, -0.15) is 15.3 Å². The fraction of sp³-hybridized carbons (Fsp3) is 0.375.